The summed E-state index contributed by atoms with van der Waals surface area (Å²) in [5, 5.41) is 3.61. The maximum absolute atomic E-state index is 11.7. The lowest BCUT2D eigenvalue weighted by molar-refractivity contribution is -0.137. The third kappa shape index (κ3) is 8.41. The number of carbonyl (C=O) groups excluding carboxylic acids is 2. The highest BCUT2D eigenvalue weighted by Gasteiger charge is 2.22. The van der Waals surface area contributed by atoms with E-state index >= 15 is 0 Å². The SMILES string of the molecule is C=CC(=O)OCCCNC(=O)CCCC(C)C1CCSS1. The maximum Gasteiger partial charge on any atom is 0.330 e. The average Bonchev–Trinajstić information content (AvgIpc) is 3.00. The van der Waals surface area contributed by atoms with Crippen LogP contribution in [0.4, 0.5) is 0 Å². The van der Waals surface area contributed by atoms with Gasteiger partial charge in [0.15, 0.2) is 0 Å². The Bertz CT molecular complexity index is 344. The van der Waals surface area contributed by atoms with Crippen LogP contribution in [-0.2, 0) is 14.3 Å². The zero-order chi connectivity index (χ0) is 15.5. The molecule has 0 bridgehead atoms. The fourth-order valence-electron chi connectivity index (χ4n) is 2.12. The van der Waals surface area contributed by atoms with Crippen LogP contribution in [0.3, 0.4) is 0 Å². The number of esters is 1. The van der Waals surface area contributed by atoms with Gasteiger partial charge in [-0.2, -0.15) is 0 Å². The molecule has 21 heavy (non-hydrogen) atoms. The summed E-state index contributed by atoms with van der Waals surface area (Å²) >= 11 is 0. The summed E-state index contributed by atoms with van der Waals surface area (Å²) in [5.74, 6) is 1.62. The fraction of sp³-hybridized carbons (Fsp3) is 0.733. The second-order valence-corrected chi connectivity index (χ2v) is 7.92. The molecule has 1 aliphatic heterocycles. The molecule has 0 aromatic rings. The minimum Gasteiger partial charge on any atom is -0.462 e. The molecule has 0 aromatic carbocycles. The molecule has 0 saturated carbocycles. The molecule has 1 rings (SSSR count). The summed E-state index contributed by atoms with van der Waals surface area (Å²) < 4.78 is 4.83. The minimum absolute atomic E-state index is 0.0886. The lowest BCUT2D eigenvalue weighted by Gasteiger charge is -2.16. The van der Waals surface area contributed by atoms with E-state index < -0.39 is 5.97 Å². The Morgan fingerprint density at radius 2 is 2.29 bits per heavy atom. The van der Waals surface area contributed by atoms with Gasteiger partial charge in [0.05, 0.1) is 6.61 Å². The third-order valence-corrected chi connectivity index (χ3v) is 6.57. The molecule has 2 atom stereocenters. The van der Waals surface area contributed by atoms with Gasteiger partial charge in [0, 0.05) is 30.0 Å². The van der Waals surface area contributed by atoms with Crippen molar-refractivity contribution >= 4 is 33.5 Å². The van der Waals surface area contributed by atoms with Crippen molar-refractivity contribution in [2.75, 3.05) is 18.9 Å². The van der Waals surface area contributed by atoms with Crippen LogP contribution >= 0.6 is 21.6 Å². The molecule has 1 aliphatic rings. The van der Waals surface area contributed by atoms with Gasteiger partial charge in [0.1, 0.15) is 0 Å². The van der Waals surface area contributed by atoms with Crippen molar-refractivity contribution in [3.63, 3.8) is 0 Å². The standard InChI is InChI=1S/C15H25NO3S2/c1-3-15(18)19-10-5-9-16-14(17)7-4-6-12(2)13-8-11-20-21-13/h3,12-13H,1,4-11H2,2H3,(H,16,17). The Kier molecular flexibility index (Phi) is 9.67. The molecule has 120 valence electrons. The van der Waals surface area contributed by atoms with E-state index in [1.807, 2.05) is 21.6 Å². The van der Waals surface area contributed by atoms with E-state index in [1.54, 1.807) is 0 Å². The molecule has 2 unspecified atom stereocenters. The van der Waals surface area contributed by atoms with Gasteiger partial charge in [-0.25, -0.2) is 4.79 Å². The van der Waals surface area contributed by atoms with Gasteiger partial charge in [0.25, 0.3) is 0 Å². The fourth-order valence-corrected chi connectivity index (χ4v) is 5.39. The van der Waals surface area contributed by atoms with E-state index in [1.165, 1.54) is 12.2 Å². The number of hydrogen-bond acceptors (Lipinski definition) is 5. The number of amides is 1. The highest BCUT2D eigenvalue weighted by atomic mass is 33.1. The molecule has 0 radical (unpaired) electrons. The second-order valence-electron chi connectivity index (χ2n) is 5.19. The van der Waals surface area contributed by atoms with Gasteiger partial charge in [-0.05, 0) is 31.6 Å². The number of nitrogens with one attached hydrogen (secondary N) is 1. The minimum atomic E-state index is -0.418. The first kappa shape index (κ1) is 18.4. The average molecular weight is 332 g/mol. The van der Waals surface area contributed by atoms with Gasteiger partial charge in [-0.1, -0.05) is 35.1 Å². The maximum atomic E-state index is 11.7. The molecule has 4 nitrogen and oxygen atoms in total. The number of rotatable bonds is 10. The summed E-state index contributed by atoms with van der Waals surface area (Å²) in [6, 6.07) is 0. The van der Waals surface area contributed by atoms with Gasteiger partial charge in [0.2, 0.25) is 5.91 Å². The zero-order valence-electron chi connectivity index (χ0n) is 12.6. The summed E-state index contributed by atoms with van der Waals surface area (Å²) in [5.41, 5.74) is 0. The lowest BCUT2D eigenvalue weighted by atomic mass is 9.98. The van der Waals surface area contributed by atoms with Crippen LogP contribution in [0.1, 0.15) is 39.0 Å². The van der Waals surface area contributed by atoms with Gasteiger partial charge in [-0.3, -0.25) is 4.79 Å². The lowest BCUT2D eigenvalue weighted by Crippen LogP contribution is -2.25. The first-order valence-electron chi connectivity index (χ1n) is 7.47. The Hall–Kier alpha value is -0.620. The first-order valence-corrected chi connectivity index (χ1v) is 9.86. The Morgan fingerprint density at radius 3 is 2.95 bits per heavy atom. The van der Waals surface area contributed by atoms with Gasteiger partial charge in [-0.15, -0.1) is 0 Å². The predicted octanol–water partition coefficient (Wildman–Crippen LogP) is 3.18. The van der Waals surface area contributed by atoms with Crippen molar-refractivity contribution in [1.29, 1.82) is 0 Å². The van der Waals surface area contributed by atoms with Crippen molar-refractivity contribution in [3.8, 4) is 0 Å². The Labute approximate surface area is 135 Å². The molecule has 1 amide bonds. The van der Waals surface area contributed by atoms with Crippen LogP contribution in [0, 0.1) is 5.92 Å². The van der Waals surface area contributed by atoms with Crippen LogP contribution in [0.25, 0.3) is 0 Å². The predicted molar refractivity (Wildman–Crippen MR) is 90.3 cm³/mol. The number of hydrogen-bond donors (Lipinski definition) is 1. The Balaban J connectivity index is 1.96. The molecular formula is C15H25NO3S2. The molecule has 1 heterocycles. The van der Waals surface area contributed by atoms with Gasteiger partial charge >= 0.3 is 5.97 Å². The second kappa shape index (κ2) is 11.0. The zero-order valence-corrected chi connectivity index (χ0v) is 14.3. The normalized spacial score (nSPS) is 19.0. The van der Waals surface area contributed by atoms with Crippen molar-refractivity contribution in [1.82, 2.24) is 5.32 Å². The van der Waals surface area contributed by atoms with E-state index in [2.05, 4.69) is 18.8 Å². The largest absolute Gasteiger partial charge is 0.462 e. The molecule has 0 spiro atoms. The molecular weight excluding hydrogens is 306 g/mol. The van der Waals surface area contributed by atoms with Crippen LogP contribution in [-0.4, -0.2) is 36.0 Å². The van der Waals surface area contributed by atoms with Crippen LogP contribution in [0.15, 0.2) is 12.7 Å². The van der Waals surface area contributed by atoms with Crippen molar-refractivity contribution in [3.05, 3.63) is 12.7 Å². The molecule has 1 N–H and O–H groups in total. The Morgan fingerprint density at radius 1 is 1.48 bits per heavy atom. The monoisotopic (exact) mass is 331 g/mol. The molecule has 1 fully saturated rings. The third-order valence-electron chi connectivity index (χ3n) is 3.43. The van der Waals surface area contributed by atoms with E-state index in [4.69, 9.17) is 4.74 Å². The van der Waals surface area contributed by atoms with Crippen molar-refractivity contribution in [2.45, 2.75) is 44.3 Å². The number of carbonyl (C=O) groups is 2. The van der Waals surface area contributed by atoms with E-state index in [0.717, 1.165) is 24.2 Å². The van der Waals surface area contributed by atoms with E-state index in [-0.39, 0.29) is 5.91 Å². The molecule has 6 heteroatoms. The summed E-state index contributed by atoms with van der Waals surface area (Å²) in [7, 11) is 3.97. The summed E-state index contributed by atoms with van der Waals surface area (Å²) in [6.07, 6.45) is 5.72. The number of ether oxygens (including phenoxy) is 1. The molecule has 1 saturated heterocycles. The van der Waals surface area contributed by atoms with Gasteiger partial charge < -0.3 is 10.1 Å². The summed E-state index contributed by atoms with van der Waals surface area (Å²) in [4.78, 5) is 22.4. The highest BCUT2D eigenvalue weighted by Crippen LogP contribution is 2.42. The van der Waals surface area contributed by atoms with Crippen molar-refractivity contribution < 1.29 is 14.3 Å². The van der Waals surface area contributed by atoms with Crippen LogP contribution in [0.2, 0.25) is 0 Å². The summed E-state index contributed by atoms with van der Waals surface area (Å²) in [6.45, 7) is 6.47. The van der Waals surface area contributed by atoms with Crippen LogP contribution in [0.5, 0.6) is 0 Å². The van der Waals surface area contributed by atoms with E-state index in [9.17, 15) is 9.59 Å². The topological polar surface area (TPSA) is 55.4 Å². The molecule has 0 aliphatic carbocycles. The van der Waals surface area contributed by atoms with Crippen LogP contribution < -0.4 is 5.32 Å². The van der Waals surface area contributed by atoms with Crippen molar-refractivity contribution in [2.24, 2.45) is 5.92 Å². The van der Waals surface area contributed by atoms with E-state index in [0.29, 0.717) is 31.9 Å². The first-order chi connectivity index (χ1) is 10.1. The quantitative estimate of drug-likeness (QED) is 0.288. The highest BCUT2D eigenvalue weighted by molar-refractivity contribution is 8.77. The molecule has 0 aromatic heterocycles. The smallest absolute Gasteiger partial charge is 0.330 e.